The molecule has 0 aliphatic carbocycles. The zero-order chi connectivity index (χ0) is 11.5. The molecule has 0 saturated carbocycles. The first-order valence-corrected chi connectivity index (χ1v) is 6.21. The van der Waals surface area contributed by atoms with Gasteiger partial charge in [-0.3, -0.25) is 0 Å². The van der Waals surface area contributed by atoms with Crippen molar-refractivity contribution < 1.29 is 9.90 Å². The molecule has 86 valence electrons. The van der Waals surface area contributed by atoms with E-state index in [4.69, 9.17) is 5.11 Å². The van der Waals surface area contributed by atoms with Crippen molar-refractivity contribution in [2.75, 3.05) is 23.5 Å². The normalized spacial score (nSPS) is 19.7. The minimum absolute atomic E-state index is 0.0158. The number of thioether (sulfide) groups is 1. The molecular formula is C10H13N3O2S. The molecule has 0 radical (unpaired) electrons. The van der Waals surface area contributed by atoms with Gasteiger partial charge in [0.1, 0.15) is 0 Å². The number of hydrogen-bond acceptors (Lipinski definition) is 5. The first-order chi connectivity index (χ1) is 7.68. The van der Waals surface area contributed by atoms with Gasteiger partial charge < -0.3 is 10.0 Å². The summed E-state index contributed by atoms with van der Waals surface area (Å²) in [5.41, 5.74) is -0.0158. The third-order valence-electron chi connectivity index (χ3n) is 2.68. The van der Waals surface area contributed by atoms with E-state index in [1.54, 1.807) is 6.07 Å². The number of hydrogen-bond donors (Lipinski definition) is 1. The summed E-state index contributed by atoms with van der Waals surface area (Å²) in [5, 5.41) is 16.3. The van der Waals surface area contributed by atoms with Crippen molar-refractivity contribution in [2.45, 2.75) is 12.5 Å². The summed E-state index contributed by atoms with van der Waals surface area (Å²) in [7, 11) is 1.97. The van der Waals surface area contributed by atoms with Crippen LogP contribution < -0.4 is 4.90 Å². The van der Waals surface area contributed by atoms with Crippen LogP contribution in [-0.2, 0) is 0 Å². The van der Waals surface area contributed by atoms with Crippen LogP contribution in [0.15, 0.2) is 12.1 Å². The fraction of sp³-hybridized carbons (Fsp3) is 0.500. The Labute approximate surface area is 97.9 Å². The summed E-state index contributed by atoms with van der Waals surface area (Å²) < 4.78 is 0. The Bertz CT molecular complexity index is 376. The largest absolute Gasteiger partial charge is 0.476 e. The number of carbonyl (C=O) groups is 1. The SMILES string of the molecule is CN(c1ccc(C(=O)O)nn1)C1CCSC1. The summed E-state index contributed by atoms with van der Waals surface area (Å²) in [6.07, 6.45) is 1.14. The molecule has 1 aromatic rings. The van der Waals surface area contributed by atoms with E-state index in [0.29, 0.717) is 6.04 Å². The van der Waals surface area contributed by atoms with Crippen LogP contribution in [0.2, 0.25) is 0 Å². The molecular weight excluding hydrogens is 226 g/mol. The monoisotopic (exact) mass is 239 g/mol. The molecule has 2 rings (SSSR count). The van der Waals surface area contributed by atoms with E-state index in [1.807, 2.05) is 18.8 Å². The van der Waals surface area contributed by atoms with E-state index in [0.717, 1.165) is 18.0 Å². The highest BCUT2D eigenvalue weighted by Crippen LogP contribution is 2.24. The lowest BCUT2D eigenvalue weighted by Crippen LogP contribution is -2.32. The summed E-state index contributed by atoms with van der Waals surface area (Å²) in [6.45, 7) is 0. The maximum absolute atomic E-state index is 10.6. The average molecular weight is 239 g/mol. The molecule has 16 heavy (non-hydrogen) atoms. The van der Waals surface area contributed by atoms with Gasteiger partial charge in [0.05, 0.1) is 0 Å². The van der Waals surface area contributed by atoms with Crippen LogP contribution in [0.3, 0.4) is 0 Å². The van der Waals surface area contributed by atoms with Gasteiger partial charge in [-0.2, -0.15) is 11.8 Å². The molecule has 1 atom stereocenters. The van der Waals surface area contributed by atoms with Crippen LogP contribution in [0.5, 0.6) is 0 Å². The standard InChI is InChI=1S/C10H13N3O2S/c1-13(7-4-5-16-6-7)9-3-2-8(10(14)15)11-12-9/h2-3,7H,4-6H2,1H3,(H,14,15). The molecule has 6 heteroatoms. The Morgan fingerprint density at radius 3 is 2.88 bits per heavy atom. The topological polar surface area (TPSA) is 66.3 Å². The van der Waals surface area contributed by atoms with Gasteiger partial charge in [-0.15, -0.1) is 10.2 Å². The molecule has 1 unspecified atom stereocenters. The second kappa shape index (κ2) is 4.69. The van der Waals surface area contributed by atoms with Gasteiger partial charge in [0, 0.05) is 18.8 Å². The van der Waals surface area contributed by atoms with Gasteiger partial charge in [-0.25, -0.2) is 4.79 Å². The molecule has 1 saturated heterocycles. The molecule has 0 bridgehead atoms. The Kier molecular flexibility index (Phi) is 3.28. The molecule has 1 aliphatic rings. The molecule has 2 heterocycles. The van der Waals surface area contributed by atoms with Crippen LogP contribution in [-0.4, -0.2) is 45.9 Å². The van der Waals surface area contributed by atoms with E-state index in [1.165, 1.54) is 11.8 Å². The lowest BCUT2D eigenvalue weighted by atomic mass is 10.2. The second-order valence-corrected chi connectivity index (χ2v) is 4.86. The molecule has 1 N–H and O–H groups in total. The first-order valence-electron chi connectivity index (χ1n) is 5.06. The van der Waals surface area contributed by atoms with Crippen LogP contribution in [0.1, 0.15) is 16.9 Å². The molecule has 1 aliphatic heterocycles. The zero-order valence-electron chi connectivity index (χ0n) is 8.96. The third-order valence-corrected chi connectivity index (χ3v) is 3.83. The van der Waals surface area contributed by atoms with E-state index >= 15 is 0 Å². The fourth-order valence-electron chi connectivity index (χ4n) is 1.64. The van der Waals surface area contributed by atoms with Gasteiger partial charge >= 0.3 is 5.97 Å². The molecule has 0 amide bonds. The smallest absolute Gasteiger partial charge is 0.356 e. The highest BCUT2D eigenvalue weighted by molar-refractivity contribution is 7.99. The molecule has 1 aromatic heterocycles. The summed E-state index contributed by atoms with van der Waals surface area (Å²) in [4.78, 5) is 12.7. The first kappa shape index (κ1) is 11.2. The van der Waals surface area contributed by atoms with Crippen molar-refractivity contribution in [1.82, 2.24) is 10.2 Å². The highest BCUT2D eigenvalue weighted by Gasteiger charge is 2.21. The van der Waals surface area contributed by atoms with Crippen molar-refractivity contribution in [1.29, 1.82) is 0 Å². The van der Waals surface area contributed by atoms with Gasteiger partial charge in [0.25, 0.3) is 0 Å². The number of carboxylic acid groups (broad SMARTS) is 1. The highest BCUT2D eigenvalue weighted by atomic mass is 32.2. The Balaban J connectivity index is 2.11. The van der Waals surface area contributed by atoms with Gasteiger partial charge in [0.15, 0.2) is 11.5 Å². The van der Waals surface area contributed by atoms with Gasteiger partial charge in [0.2, 0.25) is 0 Å². The van der Waals surface area contributed by atoms with E-state index in [-0.39, 0.29) is 5.69 Å². The summed E-state index contributed by atoms with van der Waals surface area (Å²) >= 11 is 1.93. The molecule has 0 aromatic carbocycles. The lowest BCUT2D eigenvalue weighted by Gasteiger charge is -2.24. The average Bonchev–Trinajstić information content (AvgIpc) is 2.81. The number of anilines is 1. The third kappa shape index (κ3) is 2.27. The van der Waals surface area contributed by atoms with Crippen LogP contribution in [0.25, 0.3) is 0 Å². The maximum Gasteiger partial charge on any atom is 0.356 e. The minimum atomic E-state index is -1.04. The number of rotatable bonds is 3. The number of aromatic nitrogens is 2. The van der Waals surface area contributed by atoms with Gasteiger partial charge in [-0.05, 0) is 24.3 Å². The van der Waals surface area contributed by atoms with Crippen molar-refractivity contribution in [3.8, 4) is 0 Å². The predicted molar refractivity (Wildman–Crippen MR) is 63.1 cm³/mol. The predicted octanol–water partition coefficient (Wildman–Crippen LogP) is 1.12. The fourth-order valence-corrected chi connectivity index (χ4v) is 2.91. The van der Waals surface area contributed by atoms with Crippen LogP contribution in [0, 0.1) is 0 Å². The van der Waals surface area contributed by atoms with Crippen LogP contribution >= 0.6 is 11.8 Å². The minimum Gasteiger partial charge on any atom is -0.476 e. The van der Waals surface area contributed by atoms with E-state index < -0.39 is 5.97 Å². The quantitative estimate of drug-likeness (QED) is 0.852. The zero-order valence-corrected chi connectivity index (χ0v) is 9.78. The number of nitrogens with zero attached hydrogens (tertiary/aromatic N) is 3. The Morgan fingerprint density at radius 2 is 2.38 bits per heavy atom. The van der Waals surface area contributed by atoms with E-state index in [9.17, 15) is 4.79 Å². The Hall–Kier alpha value is -1.30. The van der Waals surface area contributed by atoms with Gasteiger partial charge in [-0.1, -0.05) is 0 Å². The van der Waals surface area contributed by atoms with Crippen LogP contribution in [0.4, 0.5) is 5.82 Å². The van der Waals surface area contributed by atoms with Crippen molar-refractivity contribution in [3.63, 3.8) is 0 Å². The summed E-state index contributed by atoms with van der Waals surface area (Å²) in [6, 6.07) is 3.68. The molecule has 1 fully saturated rings. The van der Waals surface area contributed by atoms with Crippen molar-refractivity contribution in [3.05, 3.63) is 17.8 Å². The number of aromatic carboxylic acids is 1. The maximum atomic E-state index is 10.6. The summed E-state index contributed by atoms with van der Waals surface area (Å²) in [5.74, 6) is 1.96. The van der Waals surface area contributed by atoms with Crippen molar-refractivity contribution in [2.24, 2.45) is 0 Å². The number of carboxylic acids is 1. The molecule has 5 nitrogen and oxygen atoms in total. The lowest BCUT2D eigenvalue weighted by molar-refractivity contribution is 0.0689. The van der Waals surface area contributed by atoms with Crippen molar-refractivity contribution >= 4 is 23.5 Å². The van der Waals surface area contributed by atoms with E-state index in [2.05, 4.69) is 15.1 Å². The molecule has 0 spiro atoms. The Morgan fingerprint density at radius 1 is 1.56 bits per heavy atom. The second-order valence-electron chi connectivity index (χ2n) is 3.71.